The Morgan fingerprint density at radius 1 is 1.10 bits per heavy atom. The number of hydrogen-bond acceptors (Lipinski definition) is 4. The summed E-state index contributed by atoms with van der Waals surface area (Å²) in [5.74, 6) is -0.930. The second kappa shape index (κ2) is 7.32. The van der Waals surface area contributed by atoms with E-state index in [1.165, 1.54) is 4.90 Å². The van der Waals surface area contributed by atoms with E-state index in [9.17, 15) is 22.8 Å². The number of carbonyl (C=O) groups is 2. The Morgan fingerprint density at radius 3 is 2.45 bits per heavy atom. The molecule has 0 radical (unpaired) electrons. The van der Waals surface area contributed by atoms with Gasteiger partial charge in [0.1, 0.15) is 6.04 Å². The lowest BCUT2D eigenvalue weighted by Gasteiger charge is -2.27. The molecule has 4 rings (SSSR count). The lowest BCUT2D eigenvalue weighted by atomic mass is 10.0. The number of anilines is 1. The van der Waals surface area contributed by atoms with Gasteiger partial charge in [-0.25, -0.2) is 4.98 Å². The molecule has 0 saturated heterocycles. The number of thiazole rings is 1. The summed E-state index contributed by atoms with van der Waals surface area (Å²) >= 11 is 0.682. The number of carbonyl (C=O) groups excluding carboxylic acids is 2. The van der Waals surface area contributed by atoms with E-state index in [0.29, 0.717) is 22.5 Å². The summed E-state index contributed by atoms with van der Waals surface area (Å²) in [7, 11) is 0. The maximum Gasteiger partial charge on any atom is 0.434 e. The van der Waals surface area contributed by atoms with Gasteiger partial charge in [0.2, 0.25) is 0 Å². The maximum absolute atomic E-state index is 13.0. The Morgan fingerprint density at radius 2 is 1.79 bits per heavy atom. The first-order valence-electron chi connectivity index (χ1n) is 8.62. The van der Waals surface area contributed by atoms with E-state index in [2.05, 4.69) is 10.3 Å². The number of halogens is 3. The van der Waals surface area contributed by atoms with E-state index in [1.54, 1.807) is 48.5 Å². The Labute approximate surface area is 167 Å². The average Bonchev–Trinajstić information content (AvgIpc) is 3.29. The maximum atomic E-state index is 13.0. The van der Waals surface area contributed by atoms with Crippen molar-refractivity contribution in [3.05, 3.63) is 82.4 Å². The minimum Gasteiger partial charge on any atom is -0.318 e. The van der Waals surface area contributed by atoms with Crippen LogP contribution in [0.3, 0.4) is 0 Å². The highest BCUT2D eigenvalue weighted by Crippen LogP contribution is 2.34. The van der Waals surface area contributed by atoms with E-state index >= 15 is 0 Å². The summed E-state index contributed by atoms with van der Waals surface area (Å²) < 4.78 is 38.4. The van der Waals surface area contributed by atoms with Crippen LogP contribution in [0.2, 0.25) is 0 Å². The number of nitrogens with zero attached hydrogens (tertiary/aromatic N) is 2. The van der Waals surface area contributed by atoms with Crippen LogP contribution in [0.1, 0.15) is 33.2 Å². The molecule has 0 aliphatic carbocycles. The summed E-state index contributed by atoms with van der Waals surface area (Å²) in [4.78, 5) is 30.8. The van der Waals surface area contributed by atoms with Crippen LogP contribution < -0.4 is 5.32 Å². The fourth-order valence-corrected chi connectivity index (χ4v) is 3.95. The Kier molecular flexibility index (Phi) is 4.83. The minimum absolute atomic E-state index is 0.174. The molecule has 0 saturated carbocycles. The zero-order chi connectivity index (χ0) is 20.6. The number of amides is 2. The summed E-state index contributed by atoms with van der Waals surface area (Å²) in [5, 5.41) is 3.10. The Balaban J connectivity index is 1.65. The van der Waals surface area contributed by atoms with Crippen LogP contribution in [0.5, 0.6) is 0 Å². The fourth-order valence-electron chi connectivity index (χ4n) is 3.23. The molecule has 3 aromatic rings. The van der Waals surface area contributed by atoms with Gasteiger partial charge in [-0.1, -0.05) is 48.5 Å². The van der Waals surface area contributed by atoms with Crippen molar-refractivity contribution in [1.29, 1.82) is 0 Å². The third-order valence-electron chi connectivity index (χ3n) is 4.55. The number of fused-ring (bicyclic) bond motifs is 1. The number of hydrogen-bond donors (Lipinski definition) is 1. The molecule has 148 valence electrons. The zero-order valence-electron chi connectivity index (χ0n) is 14.8. The van der Waals surface area contributed by atoms with Crippen LogP contribution in [0.15, 0.2) is 60.0 Å². The molecule has 1 atom stereocenters. The first kappa shape index (κ1) is 19.1. The van der Waals surface area contributed by atoms with Gasteiger partial charge < -0.3 is 4.90 Å². The molecule has 0 unspecified atom stereocenters. The van der Waals surface area contributed by atoms with Gasteiger partial charge in [-0.3, -0.25) is 14.9 Å². The van der Waals surface area contributed by atoms with Gasteiger partial charge in [0.05, 0.1) is 0 Å². The highest BCUT2D eigenvalue weighted by atomic mass is 32.1. The third kappa shape index (κ3) is 3.73. The molecule has 2 aromatic carbocycles. The van der Waals surface area contributed by atoms with Crippen LogP contribution in [-0.2, 0) is 17.5 Å². The van der Waals surface area contributed by atoms with Crippen molar-refractivity contribution < 1.29 is 22.8 Å². The van der Waals surface area contributed by atoms with E-state index in [4.69, 9.17) is 0 Å². The summed E-state index contributed by atoms with van der Waals surface area (Å²) in [6.45, 7) is 0.230. The van der Waals surface area contributed by atoms with E-state index in [0.717, 1.165) is 10.9 Å². The van der Waals surface area contributed by atoms with Gasteiger partial charge in [0, 0.05) is 17.5 Å². The van der Waals surface area contributed by atoms with Gasteiger partial charge in [0.25, 0.3) is 11.8 Å². The smallest absolute Gasteiger partial charge is 0.318 e. The second-order valence-corrected chi connectivity index (χ2v) is 7.29. The topological polar surface area (TPSA) is 62.3 Å². The first-order chi connectivity index (χ1) is 13.8. The monoisotopic (exact) mass is 417 g/mol. The molecule has 2 amide bonds. The molecule has 1 aliphatic heterocycles. The highest BCUT2D eigenvalue weighted by Gasteiger charge is 2.38. The molecule has 5 nitrogen and oxygen atoms in total. The van der Waals surface area contributed by atoms with E-state index in [-0.39, 0.29) is 17.6 Å². The van der Waals surface area contributed by atoms with Crippen molar-refractivity contribution in [3.8, 4) is 0 Å². The number of aromatic nitrogens is 1. The normalized spacial score (nSPS) is 14.6. The fraction of sp³-hybridized carbons (Fsp3) is 0.150. The lowest BCUT2D eigenvalue weighted by molar-refractivity contribution is -0.140. The summed E-state index contributed by atoms with van der Waals surface area (Å²) in [5.41, 5.74) is 0.784. The molecule has 9 heteroatoms. The van der Waals surface area contributed by atoms with E-state index < -0.39 is 23.8 Å². The standard InChI is InChI=1S/C20H14F3N3O2S/c21-20(22,23)15-11-29-19(24-15)25-17(27)16(12-6-2-1-3-7-12)26-10-13-8-4-5-9-14(13)18(26)28/h1-9,11,16H,10H2,(H,24,25,27)/t16-/m1/s1. The van der Waals surface area contributed by atoms with Gasteiger partial charge >= 0.3 is 6.18 Å². The number of nitrogens with one attached hydrogen (secondary N) is 1. The lowest BCUT2D eigenvalue weighted by Crippen LogP contribution is -2.37. The van der Waals surface area contributed by atoms with Crippen LogP contribution in [0.25, 0.3) is 0 Å². The van der Waals surface area contributed by atoms with Crippen molar-refractivity contribution in [2.45, 2.75) is 18.8 Å². The molecular formula is C20H14F3N3O2S. The van der Waals surface area contributed by atoms with Crippen LogP contribution >= 0.6 is 11.3 Å². The molecule has 0 spiro atoms. The number of benzene rings is 2. The molecule has 0 bridgehead atoms. The van der Waals surface area contributed by atoms with Gasteiger partial charge in [-0.2, -0.15) is 13.2 Å². The Hall–Kier alpha value is -3.20. The van der Waals surface area contributed by atoms with Crippen molar-refractivity contribution in [2.75, 3.05) is 5.32 Å². The molecule has 0 fully saturated rings. The van der Waals surface area contributed by atoms with Crippen LogP contribution in [0.4, 0.5) is 18.3 Å². The van der Waals surface area contributed by atoms with Crippen molar-refractivity contribution >= 4 is 28.3 Å². The van der Waals surface area contributed by atoms with Crippen molar-refractivity contribution in [1.82, 2.24) is 9.88 Å². The minimum atomic E-state index is -4.59. The van der Waals surface area contributed by atoms with Crippen molar-refractivity contribution in [2.24, 2.45) is 0 Å². The number of rotatable bonds is 4. The molecular weight excluding hydrogens is 403 g/mol. The van der Waals surface area contributed by atoms with Crippen LogP contribution in [-0.4, -0.2) is 21.7 Å². The SMILES string of the molecule is O=C(Nc1nc(C(F)(F)F)cs1)[C@@H](c1ccccc1)N1Cc2ccccc2C1=O. The third-order valence-corrected chi connectivity index (χ3v) is 5.31. The zero-order valence-corrected chi connectivity index (χ0v) is 15.6. The summed E-state index contributed by atoms with van der Waals surface area (Å²) in [6.07, 6.45) is -4.59. The van der Waals surface area contributed by atoms with E-state index in [1.807, 2.05) is 6.07 Å². The molecule has 2 heterocycles. The summed E-state index contributed by atoms with van der Waals surface area (Å²) in [6, 6.07) is 14.7. The number of alkyl halides is 3. The predicted molar refractivity (Wildman–Crippen MR) is 101 cm³/mol. The van der Waals surface area contributed by atoms with Gasteiger partial charge in [-0.05, 0) is 17.2 Å². The van der Waals surface area contributed by atoms with Gasteiger partial charge in [-0.15, -0.1) is 11.3 Å². The Bertz CT molecular complexity index is 1070. The largest absolute Gasteiger partial charge is 0.434 e. The highest BCUT2D eigenvalue weighted by molar-refractivity contribution is 7.13. The molecule has 29 heavy (non-hydrogen) atoms. The first-order valence-corrected chi connectivity index (χ1v) is 9.50. The van der Waals surface area contributed by atoms with Crippen molar-refractivity contribution in [3.63, 3.8) is 0 Å². The van der Waals surface area contributed by atoms with Gasteiger partial charge in [0.15, 0.2) is 10.8 Å². The average molecular weight is 417 g/mol. The molecule has 1 aliphatic rings. The van der Waals surface area contributed by atoms with Crippen LogP contribution in [0, 0.1) is 0 Å². The quantitative estimate of drug-likeness (QED) is 0.680. The predicted octanol–water partition coefficient (Wildman–Crippen LogP) is 4.50. The molecule has 1 N–H and O–H groups in total. The molecule has 1 aromatic heterocycles. The second-order valence-electron chi connectivity index (χ2n) is 6.43.